The molecule has 1 aromatic heterocycles. The first-order valence-corrected chi connectivity index (χ1v) is 8.06. The van der Waals surface area contributed by atoms with Crippen molar-refractivity contribution in [1.29, 1.82) is 0 Å². The molecule has 3 N–H and O–H groups in total. The van der Waals surface area contributed by atoms with Gasteiger partial charge in [-0.1, -0.05) is 32.0 Å². The van der Waals surface area contributed by atoms with Gasteiger partial charge >= 0.3 is 0 Å². The fourth-order valence-corrected chi connectivity index (χ4v) is 3.47. The fourth-order valence-electron chi connectivity index (χ4n) is 3.47. The lowest BCUT2D eigenvalue weighted by molar-refractivity contribution is -0.135. The Hall–Kier alpha value is -1.81. The molecule has 2 aromatic rings. The number of hydrogen-bond acceptors (Lipinski definition) is 2. The van der Waals surface area contributed by atoms with Crippen molar-refractivity contribution in [3.8, 4) is 0 Å². The molecule has 1 amide bonds. The Morgan fingerprint density at radius 1 is 1.41 bits per heavy atom. The number of nitrogens with zero attached hydrogens (tertiary/aromatic N) is 1. The number of amides is 1. The summed E-state index contributed by atoms with van der Waals surface area (Å²) in [5, 5.41) is 1.16. The number of aromatic nitrogens is 1. The third kappa shape index (κ3) is 3.02. The number of carbonyl (C=O) groups excluding carboxylic acids is 1. The highest BCUT2D eigenvalue weighted by Gasteiger charge is 2.31. The van der Waals surface area contributed by atoms with Crippen LogP contribution in [-0.2, 0) is 11.2 Å². The Balaban J connectivity index is 1.71. The molecule has 118 valence electrons. The molecule has 0 radical (unpaired) electrons. The molecule has 0 unspecified atom stereocenters. The van der Waals surface area contributed by atoms with Gasteiger partial charge in [0.15, 0.2) is 0 Å². The monoisotopic (exact) mass is 299 g/mol. The summed E-state index contributed by atoms with van der Waals surface area (Å²) >= 11 is 0. The van der Waals surface area contributed by atoms with Crippen molar-refractivity contribution >= 4 is 16.8 Å². The van der Waals surface area contributed by atoms with Gasteiger partial charge in [-0.2, -0.15) is 0 Å². The smallest absolute Gasteiger partial charge is 0.239 e. The first kappa shape index (κ1) is 15.1. The van der Waals surface area contributed by atoms with Crippen LogP contribution in [-0.4, -0.2) is 34.9 Å². The van der Waals surface area contributed by atoms with Gasteiger partial charge in [0.25, 0.3) is 0 Å². The van der Waals surface area contributed by atoms with E-state index in [1.165, 1.54) is 6.42 Å². The Morgan fingerprint density at radius 2 is 2.18 bits per heavy atom. The Labute approximate surface area is 131 Å². The zero-order chi connectivity index (χ0) is 15.7. The van der Waals surface area contributed by atoms with Gasteiger partial charge in [-0.15, -0.1) is 0 Å². The number of para-hydroxylation sites is 1. The Bertz CT molecular complexity index is 674. The van der Waals surface area contributed by atoms with Crippen molar-refractivity contribution in [1.82, 2.24) is 9.88 Å². The number of piperidine rings is 1. The summed E-state index contributed by atoms with van der Waals surface area (Å²) in [6.07, 6.45) is 4.80. The summed E-state index contributed by atoms with van der Waals surface area (Å²) in [6, 6.07) is 7.67. The molecule has 1 aliphatic rings. The van der Waals surface area contributed by atoms with E-state index in [-0.39, 0.29) is 11.3 Å². The molecule has 1 fully saturated rings. The van der Waals surface area contributed by atoms with E-state index in [9.17, 15) is 4.79 Å². The lowest BCUT2D eigenvalue weighted by atomic mass is 9.84. The first-order chi connectivity index (χ1) is 10.5. The van der Waals surface area contributed by atoms with Crippen LogP contribution in [0.4, 0.5) is 0 Å². The van der Waals surface area contributed by atoms with E-state index in [4.69, 9.17) is 5.73 Å². The van der Waals surface area contributed by atoms with E-state index in [1.807, 2.05) is 29.3 Å². The molecule has 4 heteroatoms. The molecule has 0 bridgehead atoms. The minimum atomic E-state index is -0.465. The maximum atomic E-state index is 12.6. The minimum absolute atomic E-state index is 0.0815. The average molecular weight is 299 g/mol. The van der Waals surface area contributed by atoms with Crippen LogP contribution in [0.1, 0.15) is 32.3 Å². The van der Waals surface area contributed by atoms with Gasteiger partial charge in [0.2, 0.25) is 5.91 Å². The number of hydrogen-bond donors (Lipinski definition) is 2. The second kappa shape index (κ2) is 5.76. The van der Waals surface area contributed by atoms with Crippen LogP contribution in [0.2, 0.25) is 0 Å². The van der Waals surface area contributed by atoms with Crippen LogP contribution >= 0.6 is 0 Å². The fraction of sp³-hybridized carbons (Fsp3) is 0.500. The SMILES string of the molecule is CC1(C)CCCN(C(=O)[C@@H](N)Cc2c[nH]c3ccccc23)C1. The molecule has 3 rings (SSSR count). The van der Waals surface area contributed by atoms with Crippen molar-refractivity contribution in [2.75, 3.05) is 13.1 Å². The highest BCUT2D eigenvalue weighted by Crippen LogP contribution is 2.29. The van der Waals surface area contributed by atoms with Crippen LogP contribution < -0.4 is 5.73 Å². The number of rotatable bonds is 3. The largest absolute Gasteiger partial charge is 0.361 e. The molecule has 0 aliphatic carbocycles. The number of benzene rings is 1. The predicted molar refractivity (Wildman–Crippen MR) is 89.6 cm³/mol. The summed E-state index contributed by atoms with van der Waals surface area (Å²) in [6.45, 7) is 6.09. The van der Waals surface area contributed by atoms with Crippen LogP contribution in [0, 0.1) is 5.41 Å². The van der Waals surface area contributed by atoms with Crippen LogP contribution in [0.3, 0.4) is 0 Å². The Morgan fingerprint density at radius 3 is 2.95 bits per heavy atom. The van der Waals surface area contributed by atoms with E-state index in [0.29, 0.717) is 6.42 Å². The van der Waals surface area contributed by atoms with Crippen LogP contribution in [0.15, 0.2) is 30.5 Å². The zero-order valence-corrected chi connectivity index (χ0v) is 13.4. The van der Waals surface area contributed by atoms with E-state index in [0.717, 1.165) is 36.0 Å². The van der Waals surface area contributed by atoms with Crippen molar-refractivity contribution < 1.29 is 4.79 Å². The lowest BCUT2D eigenvalue weighted by Crippen LogP contribution is -2.50. The first-order valence-electron chi connectivity index (χ1n) is 8.06. The number of carbonyl (C=O) groups is 1. The quantitative estimate of drug-likeness (QED) is 0.915. The second-order valence-corrected chi connectivity index (χ2v) is 7.20. The van der Waals surface area contributed by atoms with Crippen LogP contribution in [0.5, 0.6) is 0 Å². The van der Waals surface area contributed by atoms with E-state index in [2.05, 4.69) is 24.9 Å². The number of fused-ring (bicyclic) bond motifs is 1. The van der Waals surface area contributed by atoms with Gasteiger partial charge in [0.05, 0.1) is 6.04 Å². The number of likely N-dealkylation sites (tertiary alicyclic amines) is 1. The normalized spacial score (nSPS) is 19.3. The minimum Gasteiger partial charge on any atom is -0.361 e. The van der Waals surface area contributed by atoms with Gasteiger partial charge in [-0.05, 0) is 36.3 Å². The summed E-state index contributed by atoms with van der Waals surface area (Å²) in [4.78, 5) is 17.8. The molecular weight excluding hydrogens is 274 g/mol. The molecule has 1 saturated heterocycles. The van der Waals surface area contributed by atoms with Gasteiger partial charge in [-0.3, -0.25) is 4.79 Å². The molecule has 22 heavy (non-hydrogen) atoms. The molecule has 1 atom stereocenters. The topological polar surface area (TPSA) is 62.1 Å². The molecule has 4 nitrogen and oxygen atoms in total. The van der Waals surface area contributed by atoms with Gasteiger partial charge < -0.3 is 15.6 Å². The highest BCUT2D eigenvalue weighted by atomic mass is 16.2. The summed E-state index contributed by atoms with van der Waals surface area (Å²) in [5.41, 5.74) is 8.63. The van der Waals surface area contributed by atoms with Gasteiger partial charge in [-0.25, -0.2) is 0 Å². The maximum absolute atomic E-state index is 12.6. The average Bonchev–Trinajstić information content (AvgIpc) is 2.89. The third-order valence-electron chi connectivity index (χ3n) is 4.64. The number of nitrogens with one attached hydrogen (secondary N) is 1. The molecular formula is C18H25N3O. The van der Waals surface area contributed by atoms with Gasteiger partial charge in [0.1, 0.15) is 0 Å². The number of aromatic amines is 1. The second-order valence-electron chi connectivity index (χ2n) is 7.20. The Kier molecular flexibility index (Phi) is 3.96. The zero-order valence-electron chi connectivity index (χ0n) is 13.4. The maximum Gasteiger partial charge on any atom is 0.239 e. The van der Waals surface area contributed by atoms with Crippen molar-refractivity contribution in [2.45, 2.75) is 39.2 Å². The molecule has 0 spiro atoms. The number of H-pyrrole nitrogens is 1. The third-order valence-corrected chi connectivity index (χ3v) is 4.64. The lowest BCUT2D eigenvalue weighted by Gasteiger charge is -2.39. The van der Waals surface area contributed by atoms with Crippen molar-refractivity contribution in [2.24, 2.45) is 11.1 Å². The molecule has 2 heterocycles. The van der Waals surface area contributed by atoms with E-state index >= 15 is 0 Å². The predicted octanol–water partition coefficient (Wildman–Crippen LogP) is 2.69. The van der Waals surface area contributed by atoms with Crippen molar-refractivity contribution in [3.05, 3.63) is 36.0 Å². The summed E-state index contributed by atoms with van der Waals surface area (Å²) in [5.74, 6) is 0.0815. The van der Waals surface area contributed by atoms with E-state index in [1.54, 1.807) is 0 Å². The van der Waals surface area contributed by atoms with Crippen molar-refractivity contribution in [3.63, 3.8) is 0 Å². The van der Waals surface area contributed by atoms with Gasteiger partial charge in [0, 0.05) is 30.2 Å². The molecule has 1 aliphatic heterocycles. The molecule has 1 aromatic carbocycles. The van der Waals surface area contributed by atoms with Crippen LogP contribution in [0.25, 0.3) is 10.9 Å². The summed E-state index contributed by atoms with van der Waals surface area (Å²) in [7, 11) is 0. The highest BCUT2D eigenvalue weighted by molar-refractivity contribution is 5.86. The standard InChI is InChI=1S/C18H25N3O/c1-18(2)8-5-9-21(12-18)17(22)15(19)10-13-11-20-16-7-4-3-6-14(13)16/h3-4,6-7,11,15,20H,5,8-10,12,19H2,1-2H3/t15-/m0/s1. The molecule has 0 saturated carbocycles. The number of nitrogens with two attached hydrogens (primary N) is 1. The summed E-state index contributed by atoms with van der Waals surface area (Å²) < 4.78 is 0. The van der Waals surface area contributed by atoms with E-state index < -0.39 is 6.04 Å².